The van der Waals surface area contributed by atoms with Crippen LogP contribution in [0.15, 0.2) is 15.4 Å². The monoisotopic (exact) mass is 303 g/mol. The lowest BCUT2D eigenvalue weighted by Crippen LogP contribution is -2.28. The van der Waals surface area contributed by atoms with E-state index in [4.69, 9.17) is 14.3 Å². The highest BCUT2D eigenvalue weighted by Crippen LogP contribution is 2.21. The molecule has 1 aliphatic rings. The summed E-state index contributed by atoms with van der Waals surface area (Å²) in [5.74, 6) is 0.517. The fourth-order valence-corrected chi connectivity index (χ4v) is 3.62. The molecule has 1 fully saturated rings. The number of hydrogen-bond donors (Lipinski definition) is 2. The number of furan rings is 1. The molecular formula is C13H21NO5S. The van der Waals surface area contributed by atoms with E-state index in [1.807, 2.05) is 0 Å². The second-order valence-corrected chi connectivity index (χ2v) is 6.70. The van der Waals surface area contributed by atoms with E-state index in [0.29, 0.717) is 6.61 Å². The molecule has 7 heteroatoms. The van der Waals surface area contributed by atoms with Crippen molar-refractivity contribution in [2.24, 2.45) is 0 Å². The van der Waals surface area contributed by atoms with E-state index >= 15 is 0 Å². The van der Waals surface area contributed by atoms with Crippen molar-refractivity contribution in [2.45, 2.75) is 50.2 Å². The van der Waals surface area contributed by atoms with Crippen molar-refractivity contribution in [3.63, 3.8) is 0 Å². The van der Waals surface area contributed by atoms with Crippen molar-refractivity contribution in [3.8, 4) is 0 Å². The van der Waals surface area contributed by atoms with Crippen molar-refractivity contribution >= 4 is 10.0 Å². The molecule has 114 valence electrons. The van der Waals surface area contributed by atoms with Gasteiger partial charge in [0.2, 0.25) is 10.0 Å². The summed E-state index contributed by atoms with van der Waals surface area (Å²) < 4.78 is 37.4. The zero-order valence-electron chi connectivity index (χ0n) is 11.6. The van der Waals surface area contributed by atoms with Crippen LogP contribution < -0.4 is 4.72 Å². The van der Waals surface area contributed by atoms with Gasteiger partial charge in [0.15, 0.2) is 0 Å². The Hall–Kier alpha value is -0.890. The predicted molar refractivity (Wildman–Crippen MR) is 72.8 cm³/mol. The molecule has 0 aromatic carbocycles. The maximum absolute atomic E-state index is 12.1. The number of aliphatic hydroxyl groups is 1. The van der Waals surface area contributed by atoms with E-state index in [1.165, 1.54) is 18.9 Å². The lowest BCUT2D eigenvalue weighted by molar-refractivity contribution is 0.0626. The van der Waals surface area contributed by atoms with Crippen LogP contribution in [0.5, 0.6) is 0 Å². The Bertz CT molecular complexity index is 531. The molecule has 0 atom stereocenters. The molecule has 0 aliphatic heterocycles. The van der Waals surface area contributed by atoms with Gasteiger partial charge in [-0.05, 0) is 19.8 Å². The van der Waals surface area contributed by atoms with Crippen LogP contribution in [0.25, 0.3) is 0 Å². The summed E-state index contributed by atoms with van der Waals surface area (Å²) in [5.41, 5.74) is 0. The predicted octanol–water partition coefficient (Wildman–Crippen LogP) is 1.32. The maximum Gasteiger partial charge on any atom is 0.244 e. The van der Waals surface area contributed by atoms with Crippen molar-refractivity contribution in [1.82, 2.24) is 4.72 Å². The van der Waals surface area contributed by atoms with Crippen LogP contribution in [-0.2, 0) is 21.4 Å². The first-order valence-corrected chi connectivity index (χ1v) is 8.32. The van der Waals surface area contributed by atoms with E-state index < -0.39 is 10.0 Å². The Labute approximate surface area is 119 Å². The van der Waals surface area contributed by atoms with E-state index in [0.717, 1.165) is 12.8 Å². The lowest BCUT2D eigenvalue weighted by atomic mass is 10.3. The third-order valence-corrected chi connectivity index (χ3v) is 4.99. The van der Waals surface area contributed by atoms with Crippen LogP contribution in [0.3, 0.4) is 0 Å². The van der Waals surface area contributed by atoms with Crippen molar-refractivity contribution < 1.29 is 22.7 Å². The number of rotatable bonds is 7. The molecule has 0 saturated heterocycles. The molecule has 1 heterocycles. The van der Waals surface area contributed by atoms with E-state index in [9.17, 15) is 8.42 Å². The Morgan fingerprint density at radius 2 is 2.15 bits per heavy atom. The number of aryl methyl sites for hydroxylation is 1. The maximum atomic E-state index is 12.1. The van der Waals surface area contributed by atoms with Crippen LogP contribution in [0.2, 0.25) is 0 Å². The molecular weight excluding hydrogens is 282 g/mol. The van der Waals surface area contributed by atoms with Gasteiger partial charge in [0.1, 0.15) is 23.0 Å². The standard InChI is InChI=1S/C13H21NO5S/c1-10-13(8-12(9-15)19-10)20(16,17)14-6-7-18-11-4-2-3-5-11/h8,11,14-15H,2-7,9H2,1H3. The summed E-state index contributed by atoms with van der Waals surface area (Å²) in [5, 5.41) is 8.95. The summed E-state index contributed by atoms with van der Waals surface area (Å²) in [7, 11) is -3.61. The number of aliphatic hydroxyl groups excluding tert-OH is 1. The van der Waals surface area contributed by atoms with Crippen LogP contribution in [0.1, 0.15) is 37.2 Å². The largest absolute Gasteiger partial charge is 0.462 e. The minimum atomic E-state index is -3.61. The molecule has 0 amide bonds. The van der Waals surface area contributed by atoms with E-state index in [-0.39, 0.29) is 35.7 Å². The Kier molecular flexibility index (Phi) is 5.20. The highest BCUT2D eigenvalue weighted by atomic mass is 32.2. The molecule has 2 N–H and O–H groups in total. The fraction of sp³-hybridized carbons (Fsp3) is 0.692. The van der Waals surface area contributed by atoms with E-state index in [2.05, 4.69) is 4.72 Å². The highest BCUT2D eigenvalue weighted by molar-refractivity contribution is 7.89. The zero-order valence-corrected chi connectivity index (χ0v) is 12.4. The van der Waals surface area contributed by atoms with Crippen LogP contribution in [0.4, 0.5) is 0 Å². The van der Waals surface area contributed by atoms with Gasteiger partial charge >= 0.3 is 0 Å². The van der Waals surface area contributed by atoms with Crippen LogP contribution in [-0.4, -0.2) is 32.8 Å². The lowest BCUT2D eigenvalue weighted by Gasteiger charge is -2.11. The average molecular weight is 303 g/mol. The van der Waals surface area contributed by atoms with Gasteiger partial charge in [-0.25, -0.2) is 13.1 Å². The molecule has 0 unspecified atom stereocenters. The van der Waals surface area contributed by atoms with Crippen molar-refractivity contribution in [1.29, 1.82) is 0 Å². The summed E-state index contributed by atoms with van der Waals surface area (Å²) in [4.78, 5) is 0.0717. The Morgan fingerprint density at radius 3 is 2.75 bits per heavy atom. The van der Waals surface area contributed by atoms with Gasteiger partial charge in [-0.15, -0.1) is 0 Å². The van der Waals surface area contributed by atoms with Crippen LogP contribution >= 0.6 is 0 Å². The van der Waals surface area contributed by atoms with Gasteiger partial charge in [0, 0.05) is 12.6 Å². The normalized spacial score (nSPS) is 16.9. The molecule has 1 saturated carbocycles. The molecule has 1 aromatic rings. The summed E-state index contributed by atoms with van der Waals surface area (Å²) in [6.45, 7) is 1.84. The number of ether oxygens (including phenoxy) is 1. The van der Waals surface area contributed by atoms with E-state index in [1.54, 1.807) is 6.92 Å². The zero-order chi connectivity index (χ0) is 14.6. The second-order valence-electron chi connectivity index (χ2n) is 4.97. The molecule has 0 radical (unpaired) electrons. The number of sulfonamides is 1. The number of hydrogen-bond acceptors (Lipinski definition) is 5. The van der Waals surface area contributed by atoms with Gasteiger partial charge < -0.3 is 14.3 Å². The first-order valence-electron chi connectivity index (χ1n) is 6.84. The topological polar surface area (TPSA) is 88.8 Å². The fourth-order valence-electron chi connectivity index (χ4n) is 2.40. The summed E-state index contributed by atoms with van der Waals surface area (Å²) >= 11 is 0. The van der Waals surface area contributed by atoms with Crippen molar-refractivity contribution in [2.75, 3.05) is 13.2 Å². The Morgan fingerprint density at radius 1 is 1.45 bits per heavy atom. The third kappa shape index (κ3) is 3.82. The smallest absolute Gasteiger partial charge is 0.244 e. The molecule has 0 spiro atoms. The highest BCUT2D eigenvalue weighted by Gasteiger charge is 2.21. The first kappa shape index (κ1) is 15.5. The molecule has 1 aromatic heterocycles. The molecule has 20 heavy (non-hydrogen) atoms. The third-order valence-electron chi connectivity index (χ3n) is 3.42. The van der Waals surface area contributed by atoms with Gasteiger partial charge in [-0.3, -0.25) is 0 Å². The second kappa shape index (κ2) is 6.71. The summed E-state index contributed by atoms with van der Waals surface area (Å²) in [6.07, 6.45) is 4.78. The van der Waals surface area contributed by atoms with Gasteiger partial charge in [0.05, 0.1) is 12.7 Å². The SMILES string of the molecule is Cc1oc(CO)cc1S(=O)(=O)NCCOC1CCCC1. The quantitative estimate of drug-likeness (QED) is 0.742. The average Bonchev–Trinajstić information content (AvgIpc) is 3.04. The van der Waals surface area contributed by atoms with Gasteiger partial charge in [-0.2, -0.15) is 0 Å². The minimum Gasteiger partial charge on any atom is -0.462 e. The minimum absolute atomic E-state index is 0.0717. The van der Waals surface area contributed by atoms with Crippen molar-refractivity contribution in [3.05, 3.63) is 17.6 Å². The van der Waals surface area contributed by atoms with Gasteiger partial charge in [-0.1, -0.05) is 12.8 Å². The van der Waals surface area contributed by atoms with Crippen LogP contribution in [0, 0.1) is 6.92 Å². The van der Waals surface area contributed by atoms with Gasteiger partial charge in [0.25, 0.3) is 0 Å². The molecule has 1 aliphatic carbocycles. The number of nitrogens with one attached hydrogen (secondary N) is 1. The Balaban J connectivity index is 1.85. The molecule has 2 rings (SSSR count). The summed E-state index contributed by atoms with van der Waals surface area (Å²) in [6, 6.07) is 1.34. The first-order chi connectivity index (χ1) is 9.53. The molecule has 6 nitrogen and oxygen atoms in total. The molecule has 0 bridgehead atoms.